The first kappa shape index (κ1) is 19.8. The summed E-state index contributed by atoms with van der Waals surface area (Å²) in [5, 5.41) is 7.73. The van der Waals surface area contributed by atoms with Crippen LogP contribution in [-0.2, 0) is 16.2 Å². The second kappa shape index (κ2) is 9.85. The number of oxime groups is 1. The highest BCUT2D eigenvalue weighted by Crippen LogP contribution is 2.21. The van der Waals surface area contributed by atoms with Crippen LogP contribution in [0.3, 0.4) is 0 Å². The number of rotatable bonds is 7. The van der Waals surface area contributed by atoms with Gasteiger partial charge in [-0.15, -0.1) is 0 Å². The SMILES string of the molecule is CN(C)C=C(C=NOCc1ccc(Cl)cc1Cl)C(=O)Nc1ccccc1. The Bertz CT molecular complexity index is 806. The highest BCUT2D eigenvalue weighted by atomic mass is 35.5. The Morgan fingerprint density at radius 1 is 1.19 bits per heavy atom. The van der Waals surface area contributed by atoms with Gasteiger partial charge in [-0.3, -0.25) is 4.79 Å². The molecule has 0 saturated carbocycles. The maximum Gasteiger partial charge on any atom is 0.258 e. The lowest BCUT2D eigenvalue weighted by molar-refractivity contribution is -0.112. The van der Waals surface area contributed by atoms with Crippen LogP contribution >= 0.6 is 23.2 Å². The summed E-state index contributed by atoms with van der Waals surface area (Å²) in [5.41, 5.74) is 1.80. The van der Waals surface area contributed by atoms with Crippen molar-refractivity contribution in [1.29, 1.82) is 0 Å². The maximum atomic E-state index is 12.4. The van der Waals surface area contributed by atoms with Crippen LogP contribution in [0.4, 0.5) is 5.69 Å². The van der Waals surface area contributed by atoms with E-state index in [9.17, 15) is 4.79 Å². The fraction of sp³-hybridized carbons (Fsp3) is 0.158. The number of hydrogen-bond acceptors (Lipinski definition) is 4. The van der Waals surface area contributed by atoms with Crippen molar-refractivity contribution in [2.45, 2.75) is 6.61 Å². The Morgan fingerprint density at radius 2 is 1.92 bits per heavy atom. The van der Waals surface area contributed by atoms with Crippen LogP contribution < -0.4 is 5.32 Å². The van der Waals surface area contributed by atoms with E-state index in [1.54, 1.807) is 41.4 Å². The van der Waals surface area contributed by atoms with E-state index >= 15 is 0 Å². The zero-order valence-electron chi connectivity index (χ0n) is 14.4. The first-order valence-corrected chi connectivity index (χ1v) is 8.55. The molecule has 5 nitrogen and oxygen atoms in total. The van der Waals surface area contributed by atoms with Crippen molar-refractivity contribution in [3.05, 3.63) is 75.9 Å². The summed E-state index contributed by atoms with van der Waals surface area (Å²) in [5.74, 6) is -0.290. The lowest BCUT2D eigenvalue weighted by Gasteiger charge is -2.09. The Labute approximate surface area is 162 Å². The van der Waals surface area contributed by atoms with Crippen LogP contribution in [-0.4, -0.2) is 31.1 Å². The van der Waals surface area contributed by atoms with Gasteiger partial charge in [-0.05, 0) is 24.3 Å². The third kappa shape index (κ3) is 6.43. The minimum atomic E-state index is -0.290. The number of carbonyl (C=O) groups is 1. The molecule has 7 heteroatoms. The molecule has 0 spiro atoms. The van der Waals surface area contributed by atoms with Crippen molar-refractivity contribution >= 4 is 41.0 Å². The van der Waals surface area contributed by atoms with E-state index in [4.69, 9.17) is 28.0 Å². The van der Waals surface area contributed by atoms with Gasteiger partial charge >= 0.3 is 0 Å². The quantitative estimate of drug-likeness (QED) is 0.426. The lowest BCUT2D eigenvalue weighted by Crippen LogP contribution is -2.18. The van der Waals surface area contributed by atoms with Gasteiger partial charge in [0.2, 0.25) is 0 Å². The van der Waals surface area contributed by atoms with Crippen molar-refractivity contribution in [3.8, 4) is 0 Å². The predicted molar refractivity (Wildman–Crippen MR) is 107 cm³/mol. The fourth-order valence-corrected chi connectivity index (χ4v) is 2.46. The van der Waals surface area contributed by atoms with Crippen LogP contribution in [0.25, 0.3) is 0 Å². The van der Waals surface area contributed by atoms with Gasteiger partial charge in [0.25, 0.3) is 5.91 Å². The summed E-state index contributed by atoms with van der Waals surface area (Å²) in [6.07, 6.45) is 3.02. The van der Waals surface area contributed by atoms with Gasteiger partial charge in [-0.25, -0.2) is 0 Å². The summed E-state index contributed by atoms with van der Waals surface area (Å²) in [7, 11) is 3.63. The standard InChI is InChI=1S/C19H19Cl2N3O2/c1-24(2)12-15(19(25)23-17-6-4-3-5-7-17)11-22-26-13-14-8-9-16(20)10-18(14)21/h3-12H,13H2,1-2H3,(H,23,25). The number of nitrogens with one attached hydrogen (secondary N) is 1. The average Bonchev–Trinajstić information content (AvgIpc) is 2.59. The molecular formula is C19H19Cl2N3O2. The molecular weight excluding hydrogens is 373 g/mol. The van der Waals surface area contributed by atoms with E-state index in [1.165, 1.54) is 6.21 Å². The van der Waals surface area contributed by atoms with E-state index in [1.807, 2.05) is 32.3 Å². The average molecular weight is 392 g/mol. The van der Waals surface area contributed by atoms with Gasteiger partial charge in [-0.1, -0.05) is 52.6 Å². The largest absolute Gasteiger partial charge is 0.391 e. The third-order valence-electron chi connectivity index (χ3n) is 3.19. The molecule has 2 rings (SSSR count). The zero-order chi connectivity index (χ0) is 18.9. The van der Waals surface area contributed by atoms with Gasteiger partial charge in [0.05, 0.1) is 11.8 Å². The summed E-state index contributed by atoms with van der Waals surface area (Å²) in [4.78, 5) is 19.4. The number of amides is 1. The second-order valence-corrected chi connectivity index (χ2v) is 6.46. The first-order chi connectivity index (χ1) is 12.5. The van der Waals surface area contributed by atoms with Crippen molar-refractivity contribution in [2.24, 2.45) is 5.16 Å². The van der Waals surface area contributed by atoms with E-state index in [0.717, 1.165) is 5.56 Å². The molecule has 1 amide bonds. The first-order valence-electron chi connectivity index (χ1n) is 7.79. The fourth-order valence-electron chi connectivity index (χ4n) is 1.99. The van der Waals surface area contributed by atoms with Crippen LogP contribution in [0, 0.1) is 0 Å². The van der Waals surface area contributed by atoms with Gasteiger partial charge in [0, 0.05) is 41.6 Å². The van der Waals surface area contributed by atoms with Crippen molar-refractivity contribution in [3.63, 3.8) is 0 Å². The molecule has 0 atom stereocenters. The number of carbonyl (C=O) groups excluding carboxylic acids is 1. The maximum absolute atomic E-state index is 12.4. The third-order valence-corrected chi connectivity index (χ3v) is 3.78. The van der Waals surface area contributed by atoms with Crippen LogP contribution in [0.2, 0.25) is 10.0 Å². The number of halogens is 2. The Kier molecular flexibility index (Phi) is 7.51. The monoisotopic (exact) mass is 391 g/mol. The molecule has 0 aromatic heterocycles. The van der Waals surface area contributed by atoms with Crippen molar-refractivity contribution in [2.75, 3.05) is 19.4 Å². The van der Waals surface area contributed by atoms with Crippen molar-refractivity contribution in [1.82, 2.24) is 4.90 Å². The molecule has 0 aliphatic heterocycles. The molecule has 26 heavy (non-hydrogen) atoms. The Morgan fingerprint density at radius 3 is 2.58 bits per heavy atom. The Hall–Kier alpha value is -2.50. The molecule has 0 bridgehead atoms. The van der Waals surface area contributed by atoms with E-state index in [0.29, 0.717) is 21.3 Å². The number of benzene rings is 2. The minimum absolute atomic E-state index is 0.169. The molecule has 0 aliphatic carbocycles. The van der Waals surface area contributed by atoms with Crippen LogP contribution in [0.5, 0.6) is 0 Å². The number of hydrogen-bond donors (Lipinski definition) is 1. The zero-order valence-corrected chi connectivity index (χ0v) is 16.0. The topological polar surface area (TPSA) is 53.9 Å². The number of nitrogens with zero attached hydrogens (tertiary/aromatic N) is 2. The van der Waals surface area contributed by atoms with Gasteiger partial charge in [0.1, 0.15) is 6.61 Å². The predicted octanol–water partition coefficient (Wildman–Crippen LogP) is 4.58. The smallest absolute Gasteiger partial charge is 0.258 e. The summed E-state index contributed by atoms with van der Waals surface area (Å²) in [6, 6.07) is 14.3. The molecule has 0 unspecified atom stereocenters. The highest BCUT2D eigenvalue weighted by Gasteiger charge is 2.09. The molecule has 0 saturated heterocycles. The molecule has 0 radical (unpaired) electrons. The van der Waals surface area contributed by atoms with Gasteiger partial charge in [0.15, 0.2) is 0 Å². The Balaban J connectivity index is 2.00. The van der Waals surface area contributed by atoms with E-state index in [-0.39, 0.29) is 12.5 Å². The molecule has 0 heterocycles. The van der Waals surface area contributed by atoms with Gasteiger partial charge < -0.3 is 15.1 Å². The van der Waals surface area contributed by atoms with Gasteiger partial charge in [-0.2, -0.15) is 0 Å². The normalized spacial score (nSPS) is 11.5. The molecule has 2 aromatic carbocycles. The van der Waals surface area contributed by atoms with Crippen LogP contribution in [0.1, 0.15) is 5.56 Å². The molecule has 0 fully saturated rings. The highest BCUT2D eigenvalue weighted by molar-refractivity contribution is 6.35. The molecule has 1 N–H and O–H groups in total. The van der Waals surface area contributed by atoms with E-state index < -0.39 is 0 Å². The summed E-state index contributed by atoms with van der Waals surface area (Å²) >= 11 is 11.9. The van der Waals surface area contributed by atoms with Crippen molar-refractivity contribution < 1.29 is 9.63 Å². The van der Waals surface area contributed by atoms with E-state index in [2.05, 4.69) is 10.5 Å². The minimum Gasteiger partial charge on any atom is -0.391 e. The van der Waals surface area contributed by atoms with Crippen LogP contribution in [0.15, 0.2) is 65.5 Å². The number of para-hydroxylation sites is 1. The molecule has 2 aromatic rings. The molecule has 136 valence electrons. The summed E-state index contributed by atoms with van der Waals surface area (Å²) < 4.78 is 0. The second-order valence-electron chi connectivity index (χ2n) is 5.61. The number of anilines is 1. The summed E-state index contributed by atoms with van der Waals surface area (Å²) in [6.45, 7) is 0.169. The lowest BCUT2D eigenvalue weighted by atomic mass is 10.2. The molecule has 0 aliphatic rings.